The van der Waals surface area contributed by atoms with Crippen LogP contribution in [0.1, 0.15) is 37.6 Å². The fourth-order valence-corrected chi connectivity index (χ4v) is 1.66. The molecular formula is C14H17F2NO3. The Labute approximate surface area is 115 Å². The first-order valence-electron chi connectivity index (χ1n) is 6.09. The number of hydrogen-bond acceptors (Lipinski definition) is 2. The first-order chi connectivity index (χ1) is 9.12. The number of nitrogens with one attached hydrogen (secondary N) is 1. The zero-order valence-electron chi connectivity index (χ0n) is 11.5. The molecule has 1 unspecified atom stereocenters. The molecule has 110 valence electrons. The number of carboxylic acid groups (broad SMARTS) is 1. The van der Waals surface area contributed by atoms with Gasteiger partial charge in [0.25, 0.3) is 5.91 Å². The van der Waals surface area contributed by atoms with E-state index in [0.29, 0.717) is 0 Å². The number of amides is 1. The van der Waals surface area contributed by atoms with Crippen LogP contribution in [-0.2, 0) is 4.79 Å². The third kappa shape index (κ3) is 4.01. The van der Waals surface area contributed by atoms with E-state index in [1.807, 2.05) is 0 Å². The van der Waals surface area contributed by atoms with Crippen LogP contribution in [0.4, 0.5) is 8.78 Å². The molecule has 0 fully saturated rings. The second-order valence-corrected chi connectivity index (χ2v) is 5.59. The Balaban J connectivity index is 2.96. The Morgan fingerprint density at radius 2 is 1.90 bits per heavy atom. The predicted octanol–water partition coefficient (Wildman–Crippen LogP) is 2.58. The minimum atomic E-state index is -1.24. The van der Waals surface area contributed by atoms with E-state index in [1.165, 1.54) is 6.07 Å². The highest BCUT2D eigenvalue weighted by atomic mass is 19.2. The van der Waals surface area contributed by atoms with Gasteiger partial charge in [0.1, 0.15) is 0 Å². The lowest BCUT2D eigenvalue weighted by Crippen LogP contribution is -2.45. The molecule has 1 atom stereocenters. The van der Waals surface area contributed by atoms with Crippen LogP contribution >= 0.6 is 0 Å². The van der Waals surface area contributed by atoms with Crippen LogP contribution in [0.15, 0.2) is 18.2 Å². The van der Waals surface area contributed by atoms with Gasteiger partial charge in [-0.3, -0.25) is 9.59 Å². The maximum absolute atomic E-state index is 13.5. The van der Waals surface area contributed by atoms with Crippen molar-refractivity contribution in [3.63, 3.8) is 0 Å². The van der Waals surface area contributed by atoms with Crippen molar-refractivity contribution in [2.75, 3.05) is 0 Å². The number of carboxylic acids is 1. The van der Waals surface area contributed by atoms with Crippen LogP contribution in [0.3, 0.4) is 0 Å². The van der Waals surface area contributed by atoms with Gasteiger partial charge in [-0.1, -0.05) is 26.8 Å². The van der Waals surface area contributed by atoms with E-state index >= 15 is 0 Å². The van der Waals surface area contributed by atoms with E-state index in [9.17, 15) is 18.4 Å². The number of halogens is 2. The van der Waals surface area contributed by atoms with Gasteiger partial charge >= 0.3 is 5.97 Å². The van der Waals surface area contributed by atoms with Crippen LogP contribution in [0.2, 0.25) is 0 Å². The fourth-order valence-electron chi connectivity index (χ4n) is 1.66. The van der Waals surface area contributed by atoms with E-state index in [-0.39, 0.29) is 6.42 Å². The maximum atomic E-state index is 13.5. The molecule has 1 amide bonds. The molecule has 0 aliphatic carbocycles. The second kappa shape index (κ2) is 5.98. The second-order valence-electron chi connectivity index (χ2n) is 5.59. The number of carbonyl (C=O) groups is 2. The molecule has 0 spiro atoms. The zero-order valence-corrected chi connectivity index (χ0v) is 11.5. The molecule has 1 aromatic rings. The molecule has 6 heteroatoms. The van der Waals surface area contributed by atoms with Gasteiger partial charge in [0.2, 0.25) is 0 Å². The normalized spacial score (nSPS) is 12.8. The largest absolute Gasteiger partial charge is 0.481 e. The van der Waals surface area contributed by atoms with Crippen molar-refractivity contribution >= 4 is 11.9 Å². The van der Waals surface area contributed by atoms with E-state index in [0.717, 1.165) is 12.1 Å². The molecule has 0 radical (unpaired) electrons. The standard InChI is InChI=1S/C14H17F2NO3/c1-14(2,3)10(7-11(18)19)17-13(20)8-5-4-6-9(15)12(8)16/h4-6,10H,7H2,1-3H3,(H,17,20)(H,18,19). The molecule has 20 heavy (non-hydrogen) atoms. The summed E-state index contributed by atoms with van der Waals surface area (Å²) in [7, 11) is 0. The summed E-state index contributed by atoms with van der Waals surface area (Å²) in [4.78, 5) is 22.8. The number of benzene rings is 1. The molecule has 0 aliphatic rings. The van der Waals surface area contributed by atoms with E-state index in [2.05, 4.69) is 5.32 Å². The van der Waals surface area contributed by atoms with Gasteiger partial charge in [-0.2, -0.15) is 0 Å². The van der Waals surface area contributed by atoms with E-state index < -0.39 is 40.5 Å². The fraction of sp³-hybridized carbons (Fsp3) is 0.429. The lowest BCUT2D eigenvalue weighted by atomic mass is 9.84. The highest BCUT2D eigenvalue weighted by molar-refractivity contribution is 5.95. The topological polar surface area (TPSA) is 66.4 Å². The van der Waals surface area contributed by atoms with Crippen LogP contribution in [0.25, 0.3) is 0 Å². The molecule has 0 saturated heterocycles. The van der Waals surface area contributed by atoms with Crippen LogP contribution < -0.4 is 5.32 Å². The first kappa shape index (κ1) is 16.1. The van der Waals surface area contributed by atoms with Crippen LogP contribution in [-0.4, -0.2) is 23.0 Å². The number of hydrogen-bond donors (Lipinski definition) is 2. The minimum Gasteiger partial charge on any atom is -0.481 e. The summed E-state index contributed by atoms with van der Waals surface area (Å²) >= 11 is 0. The molecule has 0 bridgehead atoms. The Kier molecular flexibility index (Phi) is 4.81. The van der Waals surface area contributed by atoms with Crippen LogP contribution in [0, 0.1) is 17.0 Å². The molecule has 0 heterocycles. The van der Waals surface area contributed by atoms with Crippen LogP contribution in [0.5, 0.6) is 0 Å². The van der Waals surface area contributed by atoms with Gasteiger partial charge in [-0.05, 0) is 17.5 Å². The van der Waals surface area contributed by atoms with Gasteiger partial charge in [-0.25, -0.2) is 8.78 Å². The molecular weight excluding hydrogens is 268 g/mol. The zero-order chi connectivity index (χ0) is 15.5. The predicted molar refractivity (Wildman–Crippen MR) is 69.3 cm³/mol. The number of rotatable bonds is 4. The molecule has 0 aliphatic heterocycles. The van der Waals surface area contributed by atoms with Gasteiger partial charge in [0.05, 0.1) is 12.0 Å². The summed E-state index contributed by atoms with van der Waals surface area (Å²) in [6.07, 6.45) is -0.299. The van der Waals surface area contributed by atoms with Gasteiger partial charge in [0, 0.05) is 6.04 Å². The lowest BCUT2D eigenvalue weighted by Gasteiger charge is -2.30. The Morgan fingerprint density at radius 3 is 2.40 bits per heavy atom. The molecule has 2 N–H and O–H groups in total. The van der Waals surface area contributed by atoms with Gasteiger partial charge in [-0.15, -0.1) is 0 Å². The number of carbonyl (C=O) groups excluding carboxylic acids is 1. The highest BCUT2D eigenvalue weighted by Crippen LogP contribution is 2.22. The van der Waals surface area contributed by atoms with Crippen molar-refractivity contribution in [1.29, 1.82) is 0 Å². The maximum Gasteiger partial charge on any atom is 0.305 e. The third-order valence-electron chi connectivity index (χ3n) is 2.93. The van der Waals surface area contributed by atoms with Crippen molar-refractivity contribution in [3.05, 3.63) is 35.4 Å². The molecule has 1 aromatic carbocycles. The average Bonchev–Trinajstić information content (AvgIpc) is 2.30. The SMILES string of the molecule is CC(C)(C)C(CC(=O)O)NC(=O)c1cccc(F)c1F. The van der Waals surface area contributed by atoms with Crippen molar-refractivity contribution in [2.24, 2.45) is 5.41 Å². The van der Waals surface area contributed by atoms with Gasteiger partial charge < -0.3 is 10.4 Å². The monoisotopic (exact) mass is 285 g/mol. The summed E-state index contributed by atoms with van der Waals surface area (Å²) in [6.45, 7) is 5.26. The number of aliphatic carboxylic acids is 1. The quantitative estimate of drug-likeness (QED) is 0.893. The Hall–Kier alpha value is -1.98. The van der Waals surface area contributed by atoms with E-state index in [4.69, 9.17) is 5.11 Å². The third-order valence-corrected chi connectivity index (χ3v) is 2.93. The van der Waals surface area contributed by atoms with Crippen molar-refractivity contribution in [3.8, 4) is 0 Å². The molecule has 0 saturated carbocycles. The minimum absolute atomic E-state index is 0.299. The Bertz CT molecular complexity index is 524. The van der Waals surface area contributed by atoms with Gasteiger partial charge in [0.15, 0.2) is 11.6 Å². The summed E-state index contributed by atoms with van der Waals surface area (Å²) in [6, 6.07) is 2.57. The smallest absolute Gasteiger partial charge is 0.305 e. The molecule has 0 aromatic heterocycles. The summed E-state index contributed by atoms with van der Waals surface area (Å²) < 4.78 is 26.6. The molecule has 1 rings (SSSR count). The Morgan fingerprint density at radius 1 is 1.30 bits per heavy atom. The first-order valence-corrected chi connectivity index (χ1v) is 6.09. The van der Waals surface area contributed by atoms with Crippen molar-refractivity contribution in [2.45, 2.75) is 33.2 Å². The lowest BCUT2D eigenvalue weighted by molar-refractivity contribution is -0.138. The van der Waals surface area contributed by atoms with Crippen molar-refractivity contribution in [1.82, 2.24) is 5.32 Å². The highest BCUT2D eigenvalue weighted by Gasteiger charge is 2.29. The summed E-state index contributed by atoms with van der Waals surface area (Å²) in [5.74, 6) is -4.27. The van der Waals surface area contributed by atoms with E-state index in [1.54, 1.807) is 20.8 Å². The summed E-state index contributed by atoms with van der Waals surface area (Å²) in [5.41, 5.74) is -0.970. The molecule has 4 nitrogen and oxygen atoms in total. The van der Waals surface area contributed by atoms with Crippen molar-refractivity contribution < 1.29 is 23.5 Å². The average molecular weight is 285 g/mol. The summed E-state index contributed by atoms with van der Waals surface area (Å²) in [5, 5.41) is 11.3.